The average Bonchev–Trinajstić information content (AvgIpc) is 2.56. The number of ether oxygens (including phenoxy) is 3. The summed E-state index contributed by atoms with van der Waals surface area (Å²) in [4.78, 5) is 36.9. The molecule has 1 fully saturated rings. The number of hydrogen-bond acceptors (Lipinski definition) is 9. The van der Waals surface area contributed by atoms with Crippen molar-refractivity contribution in [2.24, 2.45) is 5.92 Å². The molecular formula is C14H16Cl3NO7S3. The van der Waals surface area contributed by atoms with Crippen molar-refractivity contribution in [1.29, 1.82) is 0 Å². The van der Waals surface area contributed by atoms with Crippen molar-refractivity contribution in [2.75, 3.05) is 13.2 Å². The van der Waals surface area contributed by atoms with Gasteiger partial charge in [-0.15, -0.1) is 12.6 Å². The monoisotopic (exact) mass is 511 g/mol. The quantitative estimate of drug-likeness (QED) is 0.127. The molecule has 0 aromatic rings. The number of rotatable bonds is 8. The maximum Gasteiger partial charge on any atom is 0.508 e. The molecule has 1 rings (SSSR count). The summed E-state index contributed by atoms with van der Waals surface area (Å²) in [7, 11) is 0. The third-order valence-electron chi connectivity index (χ3n) is 3.30. The van der Waals surface area contributed by atoms with Gasteiger partial charge in [0.1, 0.15) is 34.1 Å². The number of β-lactam (4-membered cyclic amide) rings is 1. The first-order valence-corrected chi connectivity index (χ1v) is 10.3. The summed E-state index contributed by atoms with van der Waals surface area (Å²) in [6.45, 7) is 4.11. The van der Waals surface area contributed by atoms with Gasteiger partial charge >= 0.3 is 12.1 Å². The number of likely N-dealkylation sites (tertiary alicyclic amines) is 1. The van der Waals surface area contributed by atoms with Gasteiger partial charge in [-0.1, -0.05) is 71.4 Å². The van der Waals surface area contributed by atoms with Crippen molar-refractivity contribution < 1.29 is 33.7 Å². The zero-order valence-electron chi connectivity index (χ0n) is 14.2. The van der Waals surface area contributed by atoms with Crippen LogP contribution in [0.4, 0.5) is 4.79 Å². The number of thiocarbonyl (C=S) groups is 1. The van der Waals surface area contributed by atoms with Gasteiger partial charge in [0.15, 0.2) is 0 Å². The highest BCUT2D eigenvalue weighted by atomic mass is 35.6. The van der Waals surface area contributed by atoms with E-state index in [1.54, 1.807) is 0 Å². The van der Waals surface area contributed by atoms with E-state index >= 15 is 0 Å². The van der Waals surface area contributed by atoms with Crippen molar-refractivity contribution in [3.8, 4) is 0 Å². The first kappa shape index (κ1) is 25.6. The van der Waals surface area contributed by atoms with E-state index in [1.165, 1.54) is 13.0 Å². The molecule has 4 atom stereocenters. The summed E-state index contributed by atoms with van der Waals surface area (Å²) in [6.07, 6.45) is -2.72. The summed E-state index contributed by atoms with van der Waals surface area (Å²) in [5, 5.41) is 9.28. The Morgan fingerprint density at radius 3 is 2.57 bits per heavy atom. The van der Waals surface area contributed by atoms with Gasteiger partial charge in [0.2, 0.25) is 15.9 Å². The molecule has 158 valence electrons. The third kappa shape index (κ3) is 7.43. The number of esters is 1. The van der Waals surface area contributed by atoms with Crippen molar-refractivity contribution >= 4 is 93.0 Å². The summed E-state index contributed by atoms with van der Waals surface area (Å²) < 4.78 is 12.7. The van der Waals surface area contributed by atoms with Crippen molar-refractivity contribution in [1.82, 2.24) is 4.90 Å². The molecule has 28 heavy (non-hydrogen) atoms. The van der Waals surface area contributed by atoms with Crippen LogP contribution in [0.15, 0.2) is 12.7 Å². The van der Waals surface area contributed by atoms with Gasteiger partial charge in [0.05, 0.1) is 0 Å². The topological polar surface area (TPSA) is 102 Å². The zero-order chi connectivity index (χ0) is 21.6. The zero-order valence-corrected chi connectivity index (χ0v) is 19.0. The fourth-order valence-electron chi connectivity index (χ4n) is 2.17. The molecular weight excluding hydrogens is 497 g/mol. The summed E-state index contributed by atoms with van der Waals surface area (Å²) in [5.41, 5.74) is 0. The van der Waals surface area contributed by atoms with E-state index in [2.05, 4.69) is 23.9 Å². The molecule has 0 aromatic heterocycles. The number of carbonyl (C=O) groups excluding carboxylic acids is 3. The highest BCUT2D eigenvalue weighted by Gasteiger charge is 2.56. The van der Waals surface area contributed by atoms with E-state index in [0.29, 0.717) is 0 Å². The van der Waals surface area contributed by atoms with E-state index in [0.717, 1.165) is 16.7 Å². The summed E-state index contributed by atoms with van der Waals surface area (Å²) in [6, 6.07) is 0. The minimum absolute atomic E-state index is 0.140. The molecule has 1 heterocycles. The molecule has 1 aliphatic heterocycles. The van der Waals surface area contributed by atoms with Gasteiger partial charge in [0, 0.05) is 0 Å². The second kappa shape index (κ2) is 11.1. The summed E-state index contributed by atoms with van der Waals surface area (Å²) >= 11 is 26.2. The lowest BCUT2D eigenvalue weighted by atomic mass is 9.92. The Labute approximate surface area is 191 Å². The smallest absolute Gasteiger partial charge is 0.458 e. The summed E-state index contributed by atoms with van der Waals surface area (Å²) in [5.74, 6) is -2.64. The molecule has 14 heteroatoms. The number of carbonyl (C=O) groups is 3. The van der Waals surface area contributed by atoms with Gasteiger partial charge in [0.25, 0.3) is 0 Å². The van der Waals surface area contributed by atoms with Crippen LogP contribution in [-0.4, -0.2) is 66.3 Å². The van der Waals surface area contributed by atoms with Crippen LogP contribution in [0.3, 0.4) is 0 Å². The van der Waals surface area contributed by atoms with Crippen molar-refractivity contribution in [2.45, 2.75) is 28.4 Å². The molecule has 8 nitrogen and oxygen atoms in total. The van der Waals surface area contributed by atoms with Gasteiger partial charge in [-0.25, -0.2) is 9.59 Å². The third-order valence-corrected chi connectivity index (χ3v) is 5.20. The molecule has 0 saturated carbocycles. The Kier molecular flexibility index (Phi) is 10.1. The Bertz CT molecular complexity index is 646. The molecule has 0 spiro atoms. The Balaban J connectivity index is 2.81. The van der Waals surface area contributed by atoms with Crippen LogP contribution in [-0.2, 0) is 23.8 Å². The molecule has 0 aromatic carbocycles. The van der Waals surface area contributed by atoms with Crippen LogP contribution >= 0.6 is 71.4 Å². The second-order valence-electron chi connectivity index (χ2n) is 5.31. The average molecular weight is 513 g/mol. The Hall–Kier alpha value is -0.430. The number of nitrogens with zero attached hydrogens (tertiary/aromatic N) is 1. The minimum Gasteiger partial charge on any atom is -0.458 e. The maximum atomic E-state index is 12.5. The van der Waals surface area contributed by atoms with Crippen LogP contribution in [0.1, 0.15) is 6.92 Å². The molecule has 1 saturated heterocycles. The van der Waals surface area contributed by atoms with E-state index in [-0.39, 0.29) is 10.1 Å². The van der Waals surface area contributed by atoms with Gasteiger partial charge in [-0.2, -0.15) is 0 Å². The largest absolute Gasteiger partial charge is 0.508 e. The van der Waals surface area contributed by atoms with Crippen LogP contribution in [0.2, 0.25) is 0 Å². The number of thiol groups is 1. The molecule has 4 unspecified atom stereocenters. The normalized spacial score (nSPS) is 21.2. The maximum absolute atomic E-state index is 12.5. The van der Waals surface area contributed by atoms with Gasteiger partial charge < -0.3 is 19.3 Å². The number of halogens is 3. The molecule has 1 amide bonds. The highest BCUT2D eigenvalue weighted by molar-refractivity contribution is 8.41. The highest BCUT2D eigenvalue weighted by Crippen LogP contribution is 2.41. The fourth-order valence-corrected chi connectivity index (χ4v) is 3.97. The lowest BCUT2D eigenvalue weighted by molar-refractivity contribution is -0.189. The van der Waals surface area contributed by atoms with Gasteiger partial charge in [-0.05, 0) is 6.92 Å². The van der Waals surface area contributed by atoms with Crippen LogP contribution < -0.4 is 0 Å². The van der Waals surface area contributed by atoms with E-state index < -0.39 is 52.1 Å². The van der Waals surface area contributed by atoms with Crippen molar-refractivity contribution in [3.63, 3.8) is 0 Å². The molecule has 0 bridgehead atoms. The predicted molar refractivity (Wildman–Crippen MR) is 113 cm³/mol. The number of hydrogen-bond donors (Lipinski definition) is 2. The first-order valence-electron chi connectivity index (χ1n) is 7.46. The van der Waals surface area contributed by atoms with Crippen LogP contribution in [0, 0.1) is 5.92 Å². The number of amides is 1. The fraction of sp³-hybridized carbons (Fsp3) is 0.571. The first-order chi connectivity index (χ1) is 12.9. The number of thioether (sulfide) groups is 1. The van der Waals surface area contributed by atoms with Crippen LogP contribution in [0.25, 0.3) is 0 Å². The molecule has 0 aliphatic carbocycles. The Morgan fingerprint density at radius 2 is 2.07 bits per heavy atom. The van der Waals surface area contributed by atoms with Crippen molar-refractivity contribution in [3.05, 3.63) is 12.7 Å². The Morgan fingerprint density at radius 1 is 1.46 bits per heavy atom. The number of aliphatic hydroxyl groups excluding tert-OH is 1. The SMILES string of the molecule is C=CCOC(=O)C(O)N1C(=O)C(C(C)OC(=O)OCC(Cl)(Cl)Cl)C1SC(=S)S. The second-order valence-corrected chi connectivity index (χ2v) is 10.7. The van der Waals surface area contributed by atoms with E-state index in [4.69, 9.17) is 56.5 Å². The van der Waals surface area contributed by atoms with E-state index in [1.807, 2.05) is 0 Å². The van der Waals surface area contributed by atoms with E-state index in [9.17, 15) is 19.5 Å². The number of aliphatic hydroxyl groups is 1. The molecule has 0 radical (unpaired) electrons. The predicted octanol–water partition coefficient (Wildman–Crippen LogP) is 2.68. The standard InChI is InChI=1S/C14H16Cl3NO7S3/c1-3-4-23-11(21)9(20)18-8(19)7(10(18)28-13(26)27)6(2)25-12(22)24-5-14(15,16)17/h3,6-7,9-10,20H,1,4-5H2,2H3,(H,26,27). The lowest BCUT2D eigenvalue weighted by Gasteiger charge is -2.49. The molecule has 1 N–H and O–H groups in total. The number of alkyl halides is 3. The molecule has 1 aliphatic rings. The minimum atomic E-state index is -1.87. The lowest BCUT2D eigenvalue weighted by Crippen LogP contribution is -2.68. The van der Waals surface area contributed by atoms with Crippen LogP contribution in [0.5, 0.6) is 0 Å². The van der Waals surface area contributed by atoms with Gasteiger partial charge in [-0.3, -0.25) is 9.69 Å².